The molecule has 1 heterocycles. The van der Waals surface area contributed by atoms with E-state index in [4.69, 9.17) is 17.0 Å². The Hall–Kier alpha value is -1.88. The minimum Gasteiger partial charge on any atom is -0.493 e. The van der Waals surface area contributed by atoms with E-state index in [0.717, 1.165) is 11.3 Å². The maximum Gasteiger partial charge on any atom is 0.276 e. The lowest BCUT2D eigenvalue weighted by atomic mass is 10.1. The number of carbonyl (C=O) groups excluding carboxylic acids is 1. The first-order valence-corrected chi connectivity index (χ1v) is 6.64. The van der Waals surface area contributed by atoms with Gasteiger partial charge in [-0.3, -0.25) is 9.69 Å². The molecule has 1 aliphatic rings. The van der Waals surface area contributed by atoms with Gasteiger partial charge in [-0.2, -0.15) is 0 Å². The zero-order valence-electron chi connectivity index (χ0n) is 11.0. The summed E-state index contributed by atoms with van der Waals surface area (Å²) >= 11 is 5.12. The van der Waals surface area contributed by atoms with Crippen molar-refractivity contribution in [1.82, 2.24) is 10.2 Å². The Bertz CT molecular complexity index is 540. The monoisotopic (exact) mass is 276 g/mol. The Morgan fingerprint density at radius 3 is 2.74 bits per heavy atom. The number of ether oxygens (including phenoxy) is 1. The summed E-state index contributed by atoms with van der Waals surface area (Å²) in [7, 11) is 0. The molecule has 0 unspecified atom stereocenters. The molecule has 2 rings (SSSR count). The lowest BCUT2D eigenvalue weighted by Gasteiger charge is -2.09. The molecule has 5 heteroatoms. The van der Waals surface area contributed by atoms with E-state index in [1.807, 2.05) is 38.1 Å². The third-order valence-corrected chi connectivity index (χ3v) is 3.12. The highest BCUT2D eigenvalue weighted by Crippen LogP contribution is 2.22. The van der Waals surface area contributed by atoms with Crippen molar-refractivity contribution < 1.29 is 9.53 Å². The molecule has 4 nitrogen and oxygen atoms in total. The molecule has 1 aromatic rings. The van der Waals surface area contributed by atoms with Gasteiger partial charge in [-0.25, -0.2) is 0 Å². The molecule has 1 aliphatic heterocycles. The van der Waals surface area contributed by atoms with Gasteiger partial charge in [0.2, 0.25) is 0 Å². The number of rotatable bonds is 4. The van der Waals surface area contributed by atoms with Gasteiger partial charge in [0.15, 0.2) is 5.11 Å². The zero-order valence-corrected chi connectivity index (χ0v) is 11.8. The van der Waals surface area contributed by atoms with Crippen molar-refractivity contribution in [3.63, 3.8) is 0 Å². The molecule has 0 bridgehead atoms. The molecule has 0 aliphatic carbocycles. The lowest BCUT2D eigenvalue weighted by Crippen LogP contribution is -2.30. The Labute approximate surface area is 118 Å². The average Bonchev–Trinajstić information content (AvgIpc) is 2.67. The second-order valence-corrected chi connectivity index (χ2v) is 4.40. The number of thiocarbonyl (C=S) groups is 1. The standard InChI is InChI=1S/C14H16N2O2S/c1-3-16-13(17)11(15-14(16)19)9-10-7-5-6-8-12(10)18-4-2/h5-9H,3-4H2,1-2H3,(H,15,19)/b11-9+. The minimum atomic E-state index is -0.0983. The van der Waals surface area contributed by atoms with Crippen LogP contribution in [0.25, 0.3) is 6.08 Å². The smallest absolute Gasteiger partial charge is 0.276 e. The number of benzene rings is 1. The third-order valence-electron chi connectivity index (χ3n) is 2.80. The average molecular weight is 276 g/mol. The van der Waals surface area contributed by atoms with Crippen molar-refractivity contribution in [2.75, 3.05) is 13.2 Å². The fraction of sp³-hybridized carbons (Fsp3) is 0.286. The highest BCUT2D eigenvalue weighted by molar-refractivity contribution is 7.80. The van der Waals surface area contributed by atoms with E-state index in [1.165, 1.54) is 4.90 Å². The number of amides is 1. The number of para-hydroxylation sites is 1. The van der Waals surface area contributed by atoms with E-state index in [0.29, 0.717) is 24.0 Å². The van der Waals surface area contributed by atoms with Crippen molar-refractivity contribution in [3.8, 4) is 5.75 Å². The second kappa shape index (κ2) is 5.84. The summed E-state index contributed by atoms with van der Waals surface area (Å²) in [6.45, 7) is 4.97. The van der Waals surface area contributed by atoms with Gasteiger partial charge in [0.1, 0.15) is 11.4 Å². The zero-order chi connectivity index (χ0) is 13.8. The largest absolute Gasteiger partial charge is 0.493 e. The Balaban J connectivity index is 2.32. The van der Waals surface area contributed by atoms with Crippen LogP contribution in [0.15, 0.2) is 30.0 Å². The third kappa shape index (κ3) is 2.76. The topological polar surface area (TPSA) is 41.6 Å². The maximum atomic E-state index is 12.1. The summed E-state index contributed by atoms with van der Waals surface area (Å²) in [5.41, 5.74) is 1.35. The van der Waals surface area contributed by atoms with Gasteiger partial charge in [-0.15, -0.1) is 0 Å². The summed E-state index contributed by atoms with van der Waals surface area (Å²) in [6.07, 6.45) is 1.77. The first-order valence-electron chi connectivity index (χ1n) is 6.23. The van der Waals surface area contributed by atoms with Gasteiger partial charge in [-0.05, 0) is 38.2 Å². The fourth-order valence-electron chi connectivity index (χ4n) is 1.90. The number of nitrogens with zero attached hydrogens (tertiary/aromatic N) is 1. The normalized spacial score (nSPS) is 16.9. The predicted octanol–water partition coefficient (Wildman–Crippen LogP) is 2.16. The molecule has 0 saturated carbocycles. The first-order chi connectivity index (χ1) is 9.17. The number of hydrogen-bond acceptors (Lipinski definition) is 3. The van der Waals surface area contributed by atoms with Crippen LogP contribution < -0.4 is 10.1 Å². The van der Waals surface area contributed by atoms with Crippen LogP contribution in [0.1, 0.15) is 19.4 Å². The summed E-state index contributed by atoms with van der Waals surface area (Å²) in [5.74, 6) is 0.659. The maximum absolute atomic E-state index is 12.1. The molecule has 0 aromatic heterocycles. The van der Waals surface area contributed by atoms with E-state index in [-0.39, 0.29) is 5.91 Å². The molecule has 1 aromatic carbocycles. The SMILES string of the molecule is CCOc1ccccc1/C=C1/NC(=S)N(CC)C1=O. The van der Waals surface area contributed by atoms with Crippen molar-refractivity contribution in [3.05, 3.63) is 35.5 Å². The molecule has 1 N–H and O–H groups in total. The molecule has 0 radical (unpaired) electrons. The predicted molar refractivity (Wildman–Crippen MR) is 78.7 cm³/mol. The summed E-state index contributed by atoms with van der Waals surface area (Å²) < 4.78 is 5.53. The van der Waals surface area contributed by atoms with Crippen LogP contribution in [0.3, 0.4) is 0 Å². The molecule has 1 amide bonds. The van der Waals surface area contributed by atoms with E-state index in [9.17, 15) is 4.79 Å². The molecule has 1 fully saturated rings. The van der Waals surface area contributed by atoms with Gasteiger partial charge in [0.05, 0.1) is 6.61 Å². The van der Waals surface area contributed by atoms with E-state index >= 15 is 0 Å². The molecule has 19 heavy (non-hydrogen) atoms. The molecule has 100 valence electrons. The van der Waals surface area contributed by atoms with Crippen molar-refractivity contribution >= 4 is 29.3 Å². The quantitative estimate of drug-likeness (QED) is 0.676. The van der Waals surface area contributed by atoms with Crippen molar-refractivity contribution in [2.45, 2.75) is 13.8 Å². The van der Waals surface area contributed by atoms with Crippen molar-refractivity contribution in [2.24, 2.45) is 0 Å². The lowest BCUT2D eigenvalue weighted by molar-refractivity contribution is -0.122. The van der Waals surface area contributed by atoms with E-state index in [1.54, 1.807) is 6.08 Å². The van der Waals surface area contributed by atoms with Crippen LogP contribution in [0.2, 0.25) is 0 Å². The molecule has 0 spiro atoms. The van der Waals surface area contributed by atoms with Crippen LogP contribution in [-0.4, -0.2) is 29.1 Å². The van der Waals surface area contributed by atoms with Crippen LogP contribution in [0.5, 0.6) is 5.75 Å². The number of carbonyl (C=O) groups is 1. The van der Waals surface area contributed by atoms with Gasteiger partial charge < -0.3 is 10.1 Å². The Morgan fingerprint density at radius 1 is 1.37 bits per heavy atom. The van der Waals surface area contributed by atoms with Crippen LogP contribution in [0.4, 0.5) is 0 Å². The molecular formula is C14H16N2O2S. The number of likely N-dealkylation sites (N-methyl/N-ethyl adjacent to an activating group) is 1. The van der Waals surface area contributed by atoms with Crippen molar-refractivity contribution in [1.29, 1.82) is 0 Å². The van der Waals surface area contributed by atoms with Gasteiger partial charge >= 0.3 is 0 Å². The first kappa shape index (κ1) is 13.5. The highest BCUT2D eigenvalue weighted by Gasteiger charge is 2.29. The Kier molecular flexibility index (Phi) is 4.16. The molecule has 0 atom stereocenters. The van der Waals surface area contributed by atoms with E-state index < -0.39 is 0 Å². The van der Waals surface area contributed by atoms with Crippen LogP contribution in [-0.2, 0) is 4.79 Å². The number of hydrogen-bond donors (Lipinski definition) is 1. The molecular weight excluding hydrogens is 260 g/mol. The van der Waals surface area contributed by atoms with Crippen LogP contribution in [0, 0.1) is 0 Å². The summed E-state index contributed by atoms with van der Waals surface area (Å²) in [4.78, 5) is 13.6. The minimum absolute atomic E-state index is 0.0983. The van der Waals surface area contributed by atoms with Gasteiger partial charge in [0.25, 0.3) is 5.91 Å². The van der Waals surface area contributed by atoms with Gasteiger partial charge in [0, 0.05) is 12.1 Å². The molecule has 1 saturated heterocycles. The van der Waals surface area contributed by atoms with Gasteiger partial charge in [-0.1, -0.05) is 18.2 Å². The Morgan fingerprint density at radius 2 is 2.11 bits per heavy atom. The second-order valence-electron chi connectivity index (χ2n) is 4.01. The van der Waals surface area contributed by atoms with E-state index in [2.05, 4.69) is 5.32 Å². The summed E-state index contributed by atoms with van der Waals surface area (Å²) in [5, 5.41) is 3.39. The van der Waals surface area contributed by atoms with Crippen LogP contribution >= 0.6 is 12.2 Å². The summed E-state index contributed by atoms with van der Waals surface area (Å²) in [6, 6.07) is 7.60. The fourth-order valence-corrected chi connectivity index (χ4v) is 2.22. The highest BCUT2D eigenvalue weighted by atomic mass is 32.1. The number of nitrogens with one attached hydrogen (secondary N) is 1.